The fraction of sp³-hybridized carbons (Fsp3) is 0.154. The lowest BCUT2D eigenvalue weighted by atomic mass is 10.0. The molecule has 1 aliphatic rings. The molecular formula is C26H24N2O6. The van der Waals surface area contributed by atoms with Crippen molar-refractivity contribution >= 4 is 28.8 Å². The Kier molecular flexibility index (Phi) is 6.40. The van der Waals surface area contributed by atoms with Crippen LogP contribution in [0.15, 0.2) is 72.4 Å². The molecule has 1 heterocycles. The Balaban J connectivity index is 1.84. The number of carbonyl (C=O) groups is 2. The van der Waals surface area contributed by atoms with Gasteiger partial charge in [-0.3, -0.25) is 9.59 Å². The summed E-state index contributed by atoms with van der Waals surface area (Å²) in [4.78, 5) is 28.3. The van der Waals surface area contributed by atoms with Gasteiger partial charge in [0.2, 0.25) is 0 Å². The Morgan fingerprint density at radius 2 is 1.24 bits per heavy atom. The van der Waals surface area contributed by atoms with Gasteiger partial charge in [-0.15, -0.1) is 0 Å². The molecule has 8 heteroatoms. The topological polar surface area (TPSA) is 86.3 Å². The van der Waals surface area contributed by atoms with Crippen LogP contribution in [0.3, 0.4) is 0 Å². The zero-order valence-corrected chi connectivity index (χ0v) is 19.2. The van der Waals surface area contributed by atoms with E-state index in [9.17, 15) is 9.59 Å². The van der Waals surface area contributed by atoms with Crippen molar-refractivity contribution < 1.29 is 28.5 Å². The van der Waals surface area contributed by atoms with Crippen molar-refractivity contribution in [2.24, 2.45) is 0 Å². The molecule has 1 N–H and O–H groups in total. The predicted molar refractivity (Wildman–Crippen MR) is 129 cm³/mol. The van der Waals surface area contributed by atoms with Gasteiger partial charge in [0.15, 0.2) is 23.0 Å². The van der Waals surface area contributed by atoms with Gasteiger partial charge >= 0.3 is 0 Å². The summed E-state index contributed by atoms with van der Waals surface area (Å²) in [7, 11) is 6.11. The smallest absolute Gasteiger partial charge is 0.282 e. The second kappa shape index (κ2) is 9.58. The van der Waals surface area contributed by atoms with Gasteiger partial charge < -0.3 is 24.3 Å². The molecule has 0 bridgehead atoms. The van der Waals surface area contributed by atoms with Crippen molar-refractivity contribution in [3.8, 4) is 23.0 Å². The van der Waals surface area contributed by atoms with Gasteiger partial charge in [0.25, 0.3) is 11.8 Å². The number of benzene rings is 3. The van der Waals surface area contributed by atoms with Gasteiger partial charge in [-0.05, 0) is 42.0 Å². The van der Waals surface area contributed by atoms with E-state index in [1.165, 1.54) is 21.3 Å². The van der Waals surface area contributed by atoms with Gasteiger partial charge in [0, 0.05) is 11.8 Å². The molecule has 3 aromatic carbocycles. The van der Waals surface area contributed by atoms with Gasteiger partial charge in [0.1, 0.15) is 5.70 Å². The summed E-state index contributed by atoms with van der Waals surface area (Å²) in [5.74, 6) is 1.05. The maximum absolute atomic E-state index is 13.6. The summed E-state index contributed by atoms with van der Waals surface area (Å²) >= 11 is 0. The van der Waals surface area contributed by atoms with E-state index in [4.69, 9.17) is 18.9 Å². The van der Waals surface area contributed by atoms with Crippen LogP contribution in [0.4, 0.5) is 11.4 Å². The van der Waals surface area contributed by atoms with Crippen molar-refractivity contribution in [3.05, 3.63) is 78.0 Å². The number of ether oxygens (including phenoxy) is 4. The molecule has 3 aromatic rings. The molecule has 2 amide bonds. The number of nitrogens with one attached hydrogen (secondary N) is 1. The SMILES string of the molecule is COc1ccc(NC2=C(c3ccc(OC)c(OC)c3)C(=O)N(c3ccccc3)C2=O)cc1OC. The Morgan fingerprint density at radius 3 is 1.85 bits per heavy atom. The molecule has 0 unspecified atom stereocenters. The van der Waals surface area contributed by atoms with E-state index in [1.54, 1.807) is 67.8 Å². The number of anilines is 2. The summed E-state index contributed by atoms with van der Waals surface area (Å²) in [5, 5.41) is 3.12. The van der Waals surface area contributed by atoms with Crippen LogP contribution in [0.25, 0.3) is 5.57 Å². The molecule has 0 aromatic heterocycles. The Morgan fingerprint density at radius 1 is 0.647 bits per heavy atom. The number of methoxy groups -OCH3 is 4. The van der Waals surface area contributed by atoms with Crippen molar-refractivity contribution in [1.29, 1.82) is 0 Å². The van der Waals surface area contributed by atoms with Crippen LogP contribution >= 0.6 is 0 Å². The third kappa shape index (κ3) is 4.01. The first-order valence-electron chi connectivity index (χ1n) is 10.4. The molecule has 0 saturated carbocycles. The van der Waals surface area contributed by atoms with E-state index in [0.29, 0.717) is 39.9 Å². The van der Waals surface area contributed by atoms with Crippen LogP contribution in [0.5, 0.6) is 23.0 Å². The molecule has 0 radical (unpaired) electrons. The highest BCUT2D eigenvalue weighted by Gasteiger charge is 2.40. The molecule has 174 valence electrons. The third-order valence-electron chi connectivity index (χ3n) is 5.42. The summed E-state index contributed by atoms with van der Waals surface area (Å²) in [6.45, 7) is 0. The summed E-state index contributed by atoms with van der Waals surface area (Å²) in [5.41, 5.74) is 1.89. The highest BCUT2D eigenvalue weighted by molar-refractivity contribution is 6.46. The number of nitrogens with zero attached hydrogens (tertiary/aromatic N) is 1. The molecule has 4 rings (SSSR count). The molecule has 34 heavy (non-hydrogen) atoms. The van der Waals surface area contributed by atoms with Crippen LogP contribution in [0.2, 0.25) is 0 Å². The second-order valence-corrected chi connectivity index (χ2v) is 7.30. The van der Waals surface area contributed by atoms with Gasteiger partial charge in [0.05, 0.1) is 39.7 Å². The van der Waals surface area contributed by atoms with Crippen LogP contribution < -0.4 is 29.2 Å². The van der Waals surface area contributed by atoms with E-state index >= 15 is 0 Å². The van der Waals surface area contributed by atoms with Crippen LogP contribution in [0, 0.1) is 0 Å². The number of imide groups is 1. The minimum atomic E-state index is -0.476. The van der Waals surface area contributed by atoms with Crippen LogP contribution in [-0.2, 0) is 9.59 Å². The Bertz CT molecular complexity index is 1270. The number of para-hydroxylation sites is 1. The monoisotopic (exact) mass is 460 g/mol. The van der Waals surface area contributed by atoms with Crippen molar-refractivity contribution in [3.63, 3.8) is 0 Å². The lowest BCUT2D eigenvalue weighted by Gasteiger charge is -2.15. The van der Waals surface area contributed by atoms with Gasteiger partial charge in [-0.25, -0.2) is 4.90 Å². The quantitative estimate of drug-likeness (QED) is 0.506. The summed E-state index contributed by atoms with van der Waals surface area (Å²) in [6.07, 6.45) is 0. The maximum Gasteiger partial charge on any atom is 0.282 e. The third-order valence-corrected chi connectivity index (χ3v) is 5.42. The summed E-state index contributed by atoms with van der Waals surface area (Å²) in [6, 6.07) is 19.0. The van der Waals surface area contributed by atoms with E-state index in [1.807, 2.05) is 6.07 Å². The molecule has 0 spiro atoms. The average Bonchev–Trinajstić information content (AvgIpc) is 3.12. The van der Waals surface area contributed by atoms with Crippen molar-refractivity contribution in [2.45, 2.75) is 0 Å². The largest absolute Gasteiger partial charge is 0.493 e. The first-order chi connectivity index (χ1) is 16.5. The fourth-order valence-corrected chi connectivity index (χ4v) is 3.78. The van der Waals surface area contributed by atoms with Crippen molar-refractivity contribution in [1.82, 2.24) is 0 Å². The van der Waals surface area contributed by atoms with Gasteiger partial charge in [-0.2, -0.15) is 0 Å². The highest BCUT2D eigenvalue weighted by Crippen LogP contribution is 2.38. The molecule has 1 aliphatic heterocycles. The lowest BCUT2D eigenvalue weighted by molar-refractivity contribution is -0.120. The number of rotatable bonds is 8. The average molecular weight is 460 g/mol. The zero-order valence-electron chi connectivity index (χ0n) is 19.2. The fourth-order valence-electron chi connectivity index (χ4n) is 3.78. The number of hydrogen-bond donors (Lipinski definition) is 1. The Labute approximate surface area is 197 Å². The predicted octanol–water partition coefficient (Wildman–Crippen LogP) is 4.12. The number of hydrogen-bond acceptors (Lipinski definition) is 7. The van der Waals surface area contributed by atoms with Crippen LogP contribution in [0.1, 0.15) is 5.56 Å². The molecule has 0 aliphatic carbocycles. The van der Waals surface area contributed by atoms with E-state index in [0.717, 1.165) is 4.90 Å². The number of carbonyl (C=O) groups excluding carboxylic acids is 2. The Hall–Kier alpha value is -4.46. The minimum absolute atomic E-state index is 0.133. The maximum atomic E-state index is 13.6. The minimum Gasteiger partial charge on any atom is -0.493 e. The second-order valence-electron chi connectivity index (χ2n) is 7.30. The van der Waals surface area contributed by atoms with E-state index < -0.39 is 11.8 Å². The number of amides is 2. The first-order valence-corrected chi connectivity index (χ1v) is 10.4. The lowest BCUT2D eigenvalue weighted by Crippen LogP contribution is -2.32. The zero-order chi connectivity index (χ0) is 24.2. The molecule has 0 saturated heterocycles. The molecule has 8 nitrogen and oxygen atoms in total. The first kappa shape index (κ1) is 22.7. The van der Waals surface area contributed by atoms with Crippen molar-refractivity contribution in [2.75, 3.05) is 38.7 Å². The molecular weight excluding hydrogens is 436 g/mol. The summed E-state index contributed by atoms with van der Waals surface area (Å²) < 4.78 is 21.4. The van der Waals surface area contributed by atoms with E-state index in [2.05, 4.69) is 5.32 Å². The normalized spacial score (nSPS) is 13.2. The van der Waals surface area contributed by atoms with Gasteiger partial charge in [-0.1, -0.05) is 24.3 Å². The molecule has 0 atom stereocenters. The van der Waals surface area contributed by atoms with Crippen LogP contribution in [-0.4, -0.2) is 40.3 Å². The van der Waals surface area contributed by atoms with E-state index in [-0.39, 0.29) is 11.3 Å². The molecule has 0 fully saturated rings. The standard InChI is InChI=1S/C26H24N2O6/c1-31-19-12-10-16(14-21(19)33-3)23-24(27-17-11-13-20(32-2)22(15-17)34-4)26(30)28(25(23)29)18-8-6-5-7-9-18/h5-15,27H,1-4H3. The highest BCUT2D eigenvalue weighted by atomic mass is 16.5.